The van der Waals surface area contributed by atoms with Gasteiger partial charge in [0.1, 0.15) is 0 Å². The summed E-state index contributed by atoms with van der Waals surface area (Å²) in [6, 6.07) is 9.75. The van der Waals surface area contributed by atoms with Crippen LogP contribution in [0.15, 0.2) is 40.4 Å². The molecule has 0 aliphatic carbocycles. The first-order valence-corrected chi connectivity index (χ1v) is 8.70. The van der Waals surface area contributed by atoms with Crippen LogP contribution in [0, 0.1) is 19.8 Å². The van der Waals surface area contributed by atoms with Gasteiger partial charge in [0.2, 0.25) is 5.91 Å². The van der Waals surface area contributed by atoms with Gasteiger partial charge in [-0.05, 0) is 62.4 Å². The van der Waals surface area contributed by atoms with Crippen molar-refractivity contribution in [2.45, 2.75) is 50.6 Å². The van der Waals surface area contributed by atoms with Gasteiger partial charge in [0.25, 0.3) is 0 Å². The fraction of sp³-hybridized carbons (Fsp3) is 0.389. The third kappa shape index (κ3) is 5.36. The molecule has 1 aromatic carbocycles. The highest BCUT2D eigenvalue weighted by molar-refractivity contribution is 7.99. The van der Waals surface area contributed by atoms with Gasteiger partial charge in [0.15, 0.2) is 5.16 Å². The van der Waals surface area contributed by atoms with Crippen molar-refractivity contribution in [2.24, 2.45) is 5.92 Å². The summed E-state index contributed by atoms with van der Waals surface area (Å²) in [6.45, 7) is 7.98. The number of anilines is 1. The molecule has 0 aliphatic heterocycles. The topological polar surface area (TPSA) is 54.9 Å². The molecule has 1 heterocycles. The summed E-state index contributed by atoms with van der Waals surface area (Å²) >= 11 is 1.52. The second-order valence-electron chi connectivity index (χ2n) is 5.74. The van der Waals surface area contributed by atoms with Crippen molar-refractivity contribution >= 4 is 23.4 Å². The van der Waals surface area contributed by atoms with Crippen LogP contribution in [-0.2, 0) is 4.79 Å². The van der Waals surface area contributed by atoms with Gasteiger partial charge in [-0.2, -0.15) is 0 Å². The van der Waals surface area contributed by atoms with Crippen LogP contribution < -0.4 is 5.32 Å². The number of aryl methyl sites for hydroxylation is 2. The Morgan fingerprint density at radius 2 is 1.78 bits per heavy atom. The van der Waals surface area contributed by atoms with Gasteiger partial charge in [-0.25, -0.2) is 9.97 Å². The van der Waals surface area contributed by atoms with Crippen molar-refractivity contribution in [1.82, 2.24) is 9.97 Å². The van der Waals surface area contributed by atoms with E-state index in [4.69, 9.17) is 0 Å². The molecular weight excluding hydrogens is 306 g/mol. The average molecular weight is 329 g/mol. The smallest absolute Gasteiger partial charge is 0.227 e. The van der Waals surface area contributed by atoms with Gasteiger partial charge in [0.05, 0.1) is 0 Å². The number of carbonyl (C=O) groups excluding carboxylic acids is 1. The summed E-state index contributed by atoms with van der Waals surface area (Å²) in [5.74, 6) is 0.114. The monoisotopic (exact) mass is 329 g/mol. The van der Waals surface area contributed by atoms with Crippen molar-refractivity contribution < 1.29 is 4.79 Å². The Bertz CT molecular complexity index is 650. The van der Waals surface area contributed by atoms with Crippen molar-refractivity contribution in [3.8, 4) is 0 Å². The number of amides is 1. The molecule has 0 radical (unpaired) electrons. The number of aromatic nitrogens is 2. The molecule has 0 aliphatic rings. The van der Waals surface area contributed by atoms with Crippen molar-refractivity contribution in [3.05, 3.63) is 41.7 Å². The number of carbonyl (C=O) groups is 1. The highest BCUT2D eigenvalue weighted by Crippen LogP contribution is 2.26. The molecule has 2 rings (SSSR count). The molecule has 1 amide bonds. The largest absolute Gasteiger partial charge is 0.326 e. The SMILES string of the molecule is CCCC(C)C(=O)Nc1ccc(Sc2nc(C)cc(C)n2)cc1. The van der Waals surface area contributed by atoms with Crippen LogP contribution >= 0.6 is 11.8 Å². The predicted octanol–water partition coefficient (Wildman–Crippen LogP) is 4.62. The predicted molar refractivity (Wildman–Crippen MR) is 94.8 cm³/mol. The van der Waals surface area contributed by atoms with Crippen LogP contribution in [0.5, 0.6) is 0 Å². The second kappa shape index (κ2) is 8.11. The Kier molecular flexibility index (Phi) is 6.16. The molecule has 1 atom stereocenters. The first-order valence-electron chi connectivity index (χ1n) is 7.89. The molecule has 0 bridgehead atoms. The summed E-state index contributed by atoms with van der Waals surface area (Å²) in [4.78, 5) is 21.9. The number of nitrogens with zero attached hydrogens (tertiary/aromatic N) is 2. The zero-order valence-electron chi connectivity index (χ0n) is 14.1. The molecule has 122 valence electrons. The van der Waals surface area contributed by atoms with Gasteiger partial charge in [-0.1, -0.05) is 20.3 Å². The minimum absolute atomic E-state index is 0.0396. The molecule has 0 fully saturated rings. The van der Waals surface area contributed by atoms with Crippen molar-refractivity contribution in [3.63, 3.8) is 0 Å². The standard InChI is InChI=1S/C18H23N3OS/c1-5-6-12(2)17(22)21-15-7-9-16(10-8-15)23-18-19-13(3)11-14(4)20-18/h7-12H,5-6H2,1-4H3,(H,21,22). The van der Waals surface area contributed by atoms with Crippen LogP contribution in [0.4, 0.5) is 5.69 Å². The molecule has 1 unspecified atom stereocenters. The van der Waals surface area contributed by atoms with E-state index >= 15 is 0 Å². The maximum absolute atomic E-state index is 12.0. The lowest BCUT2D eigenvalue weighted by Crippen LogP contribution is -2.20. The summed E-state index contributed by atoms with van der Waals surface area (Å²) in [7, 11) is 0. The van der Waals surface area contributed by atoms with Gasteiger partial charge >= 0.3 is 0 Å². The highest BCUT2D eigenvalue weighted by atomic mass is 32.2. The Hall–Kier alpha value is -1.88. The van der Waals surface area contributed by atoms with E-state index < -0.39 is 0 Å². The van der Waals surface area contributed by atoms with E-state index in [9.17, 15) is 4.79 Å². The molecule has 5 heteroatoms. The van der Waals surface area contributed by atoms with Crippen molar-refractivity contribution in [2.75, 3.05) is 5.32 Å². The zero-order valence-corrected chi connectivity index (χ0v) is 14.9. The highest BCUT2D eigenvalue weighted by Gasteiger charge is 2.11. The summed E-state index contributed by atoms with van der Waals surface area (Å²) in [5.41, 5.74) is 2.76. The Balaban J connectivity index is 2.00. The van der Waals surface area contributed by atoms with Gasteiger partial charge in [-0.15, -0.1) is 0 Å². The zero-order chi connectivity index (χ0) is 16.8. The molecule has 2 aromatic rings. The van der Waals surface area contributed by atoms with Crippen molar-refractivity contribution in [1.29, 1.82) is 0 Å². The van der Waals surface area contributed by atoms with E-state index in [1.807, 2.05) is 51.1 Å². The second-order valence-corrected chi connectivity index (χ2v) is 6.78. The molecular formula is C18H23N3OS. The molecule has 0 saturated carbocycles. The van der Waals surface area contributed by atoms with E-state index in [1.165, 1.54) is 11.8 Å². The Labute approximate surface area is 142 Å². The maximum atomic E-state index is 12.0. The molecule has 0 saturated heterocycles. The first-order chi connectivity index (χ1) is 11.0. The molecule has 1 N–H and O–H groups in total. The van der Waals surface area contributed by atoms with Gasteiger partial charge < -0.3 is 5.32 Å². The average Bonchev–Trinajstić information content (AvgIpc) is 2.48. The Morgan fingerprint density at radius 3 is 2.35 bits per heavy atom. The lowest BCUT2D eigenvalue weighted by Gasteiger charge is -2.11. The molecule has 4 nitrogen and oxygen atoms in total. The van der Waals surface area contributed by atoms with E-state index in [2.05, 4.69) is 22.2 Å². The van der Waals surface area contributed by atoms with Gasteiger partial charge in [0, 0.05) is 27.9 Å². The van der Waals surface area contributed by atoms with Gasteiger partial charge in [-0.3, -0.25) is 4.79 Å². The van der Waals surface area contributed by atoms with E-state index in [1.54, 1.807) is 0 Å². The molecule has 1 aromatic heterocycles. The third-order valence-electron chi connectivity index (χ3n) is 3.46. The van der Waals surface area contributed by atoms with E-state index in [0.29, 0.717) is 0 Å². The van der Waals surface area contributed by atoms with Crippen LogP contribution in [0.2, 0.25) is 0 Å². The first kappa shape index (κ1) is 17.5. The lowest BCUT2D eigenvalue weighted by molar-refractivity contribution is -0.119. The number of hydrogen-bond donors (Lipinski definition) is 1. The fourth-order valence-electron chi connectivity index (χ4n) is 2.28. The Morgan fingerprint density at radius 1 is 1.17 bits per heavy atom. The van der Waals surface area contributed by atoms with Crippen LogP contribution in [0.25, 0.3) is 0 Å². The summed E-state index contributed by atoms with van der Waals surface area (Å²) < 4.78 is 0. The number of hydrogen-bond acceptors (Lipinski definition) is 4. The summed E-state index contributed by atoms with van der Waals surface area (Å²) in [6.07, 6.45) is 1.92. The quantitative estimate of drug-likeness (QED) is 0.786. The minimum atomic E-state index is 0.0396. The molecule has 23 heavy (non-hydrogen) atoms. The number of benzene rings is 1. The molecule has 0 spiro atoms. The maximum Gasteiger partial charge on any atom is 0.227 e. The van der Waals surface area contributed by atoms with E-state index in [-0.39, 0.29) is 11.8 Å². The summed E-state index contributed by atoms with van der Waals surface area (Å²) in [5, 5.41) is 3.70. The number of nitrogens with one attached hydrogen (secondary N) is 1. The normalized spacial score (nSPS) is 12.0. The van der Waals surface area contributed by atoms with Crippen LogP contribution in [0.1, 0.15) is 38.1 Å². The van der Waals surface area contributed by atoms with E-state index in [0.717, 1.165) is 40.0 Å². The third-order valence-corrected chi connectivity index (χ3v) is 4.34. The van der Waals surface area contributed by atoms with Crippen LogP contribution in [-0.4, -0.2) is 15.9 Å². The fourth-order valence-corrected chi connectivity index (χ4v) is 3.14. The van der Waals surface area contributed by atoms with Crippen LogP contribution in [0.3, 0.4) is 0 Å². The number of rotatable bonds is 6. The minimum Gasteiger partial charge on any atom is -0.326 e. The lowest BCUT2D eigenvalue weighted by atomic mass is 10.1.